The molecule has 0 saturated carbocycles. The molecule has 1 N–H and O–H groups in total. The number of carboxylic acids is 1. The highest BCUT2D eigenvalue weighted by Crippen LogP contribution is 2.35. The standard InChI is InChI=1S/C21H30BrNO5/c1-7-21(5,6)13-8-9-17(15(22)10-13)27-14-11-16(18(24)25)23(12-14)19(26)28-20(2,3)4/h8-10,14,16H,7,11-12H2,1-6H3,(H,24,25)/t14-,16-/m1/s1. The summed E-state index contributed by atoms with van der Waals surface area (Å²) in [5.41, 5.74) is 0.555. The van der Waals surface area contributed by atoms with Crippen molar-refractivity contribution in [3.63, 3.8) is 0 Å². The Morgan fingerprint density at radius 1 is 1.25 bits per heavy atom. The number of carbonyl (C=O) groups excluding carboxylic acids is 1. The second kappa shape index (κ2) is 8.31. The Bertz CT molecular complexity index is 741. The van der Waals surface area contributed by atoms with Gasteiger partial charge in [0, 0.05) is 6.42 Å². The minimum Gasteiger partial charge on any atom is -0.487 e. The van der Waals surface area contributed by atoms with Gasteiger partial charge in [0.25, 0.3) is 0 Å². The minimum absolute atomic E-state index is 0.0519. The zero-order valence-electron chi connectivity index (χ0n) is 17.4. The highest BCUT2D eigenvalue weighted by molar-refractivity contribution is 9.10. The molecule has 0 bridgehead atoms. The molecule has 0 aliphatic carbocycles. The van der Waals surface area contributed by atoms with Crippen molar-refractivity contribution in [1.29, 1.82) is 0 Å². The summed E-state index contributed by atoms with van der Waals surface area (Å²) in [6.07, 6.45) is 0.163. The van der Waals surface area contributed by atoms with E-state index >= 15 is 0 Å². The van der Waals surface area contributed by atoms with E-state index in [0.29, 0.717) is 5.75 Å². The van der Waals surface area contributed by atoms with Gasteiger partial charge in [-0.3, -0.25) is 4.90 Å². The van der Waals surface area contributed by atoms with Gasteiger partial charge >= 0.3 is 12.1 Å². The number of nitrogens with zero attached hydrogens (tertiary/aromatic N) is 1. The smallest absolute Gasteiger partial charge is 0.411 e. The summed E-state index contributed by atoms with van der Waals surface area (Å²) < 4.78 is 12.2. The van der Waals surface area contributed by atoms with Crippen molar-refractivity contribution in [3.05, 3.63) is 28.2 Å². The monoisotopic (exact) mass is 455 g/mol. The Balaban J connectivity index is 2.15. The summed E-state index contributed by atoms with van der Waals surface area (Å²) in [5.74, 6) is -0.424. The van der Waals surface area contributed by atoms with Crippen LogP contribution in [0.25, 0.3) is 0 Å². The fraction of sp³-hybridized carbons (Fsp3) is 0.619. The maximum Gasteiger partial charge on any atom is 0.411 e. The number of likely N-dealkylation sites (tertiary alicyclic amines) is 1. The van der Waals surface area contributed by atoms with Gasteiger partial charge in [0.15, 0.2) is 0 Å². The maximum absolute atomic E-state index is 12.4. The molecule has 156 valence electrons. The Labute approximate surface area is 175 Å². The van der Waals surface area contributed by atoms with Gasteiger partial charge in [-0.05, 0) is 66.2 Å². The topological polar surface area (TPSA) is 76.1 Å². The maximum atomic E-state index is 12.4. The van der Waals surface area contributed by atoms with E-state index in [4.69, 9.17) is 9.47 Å². The summed E-state index contributed by atoms with van der Waals surface area (Å²) >= 11 is 3.56. The summed E-state index contributed by atoms with van der Waals surface area (Å²) in [5, 5.41) is 9.51. The number of ether oxygens (including phenoxy) is 2. The van der Waals surface area contributed by atoms with Crippen molar-refractivity contribution in [2.75, 3.05) is 6.54 Å². The normalized spacial score (nSPS) is 20.2. The van der Waals surface area contributed by atoms with Crippen LogP contribution in [0.1, 0.15) is 59.9 Å². The molecule has 6 nitrogen and oxygen atoms in total. The molecular weight excluding hydrogens is 426 g/mol. The largest absolute Gasteiger partial charge is 0.487 e. The number of hydrogen-bond acceptors (Lipinski definition) is 4. The number of rotatable bonds is 5. The van der Waals surface area contributed by atoms with Crippen LogP contribution < -0.4 is 4.74 Å². The van der Waals surface area contributed by atoms with E-state index < -0.39 is 29.8 Å². The first-order chi connectivity index (χ1) is 12.8. The van der Waals surface area contributed by atoms with Crippen LogP contribution in [0.15, 0.2) is 22.7 Å². The zero-order valence-corrected chi connectivity index (χ0v) is 19.0. The lowest BCUT2D eigenvalue weighted by Crippen LogP contribution is -2.43. The number of carboxylic acid groups (broad SMARTS) is 1. The molecule has 1 aromatic rings. The molecule has 28 heavy (non-hydrogen) atoms. The predicted octanol–water partition coefficient (Wildman–Crippen LogP) is 4.98. The Morgan fingerprint density at radius 3 is 2.39 bits per heavy atom. The second-order valence-corrected chi connectivity index (χ2v) is 9.70. The van der Waals surface area contributed by atoms with E-state index in [1.807, 2.05) is 18.2 Å². The summed E-state index contributed by atoms with van der Waals surface area (Å²) in [6, 6.07) is 4.99. The SMILES string of the molecule is CCC(C)(C)c1ccc(O[C@@H]2C[C@H](C(=O)O)N(C(=O)OC(C)(C)C)C2)c(Br)c1. The second-order valence-electron chi connectivity index (χ2n) is 8.84. The Kier molecular flexibility index (Phi) is 6.69. The number of amides is 1. The van der Waals surface area contributed by atoms with Gasteiger partial charge in [-0.1, -0.05) is 26.8 Å². The third-order valence-electron chi connectivity index (χ3n) is 5.07. The van der Waals surface area contributed by atoms with Crippen LogP contribution in [0, 0.1) is 0 Å². The van der Waals surface area contributed by atoms with Crippen LogP contribution in [0.2, 0.25) is 0 Å². The van der Waals surface area contributed by atoms with Gasteiger partial charge in [-0.2, -0.15) is 0 Å². The Morgan fingerprint density at radius 2 is 1.89 bits per heavy atom. The van der Waals surface area contributed by atoms with Gasteiger partial charge in [-0.15, -0.1) is 0 Å². The zero-order chi connectivity index (χ0) is 21.3. The first-order valence-corrected chi connectivity index (χ1v) is 10.3. The highest BCUT2D eigenvalue weighted by atomic mass is 79.9. The molecule has 1 aliphatic rings. The minimum atomic E-state index is -1.06. The number of halogens is 1. The lowest BCUT2D eigenvalue weighted by atomic mass is 9.82. The number of hydrogen-bond donors (Lipinski definition) is 1. The van der Waals surface area contributed by atoms with E-state index in [0.717, 1.165) is 10.9 Å². The third-order valence-corrected chi connectivity index (χ3v) is 5.69. The van der Waals surface area contributed by atoms with E-state index in [-0.39, 0.29) is 18.4 Å². The van der Waals surface area contributed by atoms with E-state index in [9.17, 15) is 14.7 Å². The fourth-order valence-corrected chi connectivity index (χ4v) is 3.51. The first-order valence-electron chi connectivity index (χ1n) is 9.53. The molecule has 0 radical (unpaired) electrons. The molecule has 1 saturated heterocycles. The molecule has 7 heteroatoms. The van der Waals surface area contributed by atoms with Gasteiger partial charge < -0.3 is 14.6 Å². The van der Waals surface area contributed by atoms with Crippen LogP contribution in [-0.2, 0) is 14.9 Å². The molecule has 1 aliphatic heterocycles. The molecular formula is C21H30BrNO5. The van der Waals surface area contributed by atoms with Crippen molar-refractivity contribution >= 4 is 28.0 Å². The van der Waals surface area contributed by atoms with Crippen LogP contribution in [0.5, 0.6) is 5.75 Å². The van der Waals surface area contributed by atoms with Crippen molar-refractivity contribution in [2.24, 2.45) is 0 Å². The van der Waals surface area contributed by atoms with Crippen LogP contribution in [-0.4, -0.2) is 46.4 Å². The van der Waals surface area contributed by atoms with Crippen molar-refractivity contribution in [2.45, 2.75) is 77.5 Å². The fourth-order valence-electron chi connectivity index (χ4n) is 3.04. The van der Waals surface area contributed by atoms with E-state index in [2.05, 4.69) is 36.7 Å². The molecule has 0 spiro atoms. The Hall–Kier alpha value is -1.76. The highest BCUT2D eigenvalue weighted by Gasteiger charge is 2.42. The van der Waals surface area contributed by atoms with E-state index in [1.165, 1.54) is 10.5 Å². The van der Waals surface area contributed by atoms with E-state index in [1.54, 1.807) is 20.8 Å². The average Bonchev–Trinajstić information content (AvgIpc) is 2.99. The van der Waals surface area contributed by atoms with Gasteiger partial charge in [-0.25, -0.2) is 9.59 Å². The quantitative estimate of drug-likeness (QED) is 0.677. The molecule has 1 amide bonds. The molecule has 0 aromatic heterocycles. The van der Waals surface area contributed by atoms with Crippen molar-refractivity contribution < 1.29 is 24.2 Å². The van der Waals surface area contributed by atoms with Crippen molar-refractivity contribution in [3.8, 4) is 5.75 Å². The summed E-state index contributed by atoms with van der Waals surface area (Å²) in [4.78, 5) is 25.3. The lowest BCUT2D eigenvalue weighted by Gasteiger charge is -2.26. The molecule has 2 rings (SSSR count). The molecule has 2 atom stereocenters. The summed E-state index contributed by atoms with van der Waals surface area (Å²) in [6.45, 7) is 11.9. The molecule has 1 heterocycles. The first kappa shape index (κ1) is 22.5. The summed E-state index contributed by atoms with van der Waals surface area (Å²) in [7, 11) is 0. The van der Waals surface area contributed by atoms with Gasteiger partial charge in [0.2, 0.25) is 0 Å². The predicted molar refractivity (Wildman–Crippen MR) is 111 cm³/mol. The average molecular weight is 456 g/mol. The van der Waals surface area contributed by atoms with Gasteiger partial charge in [0.05, 0.1) is 11.0 Å². The van der Waals surface area contributed by atoms with Crippen LogP contribution >= 0.6 is 15.9 Å². The van der Waals surface area contributed by atoms with Gasteiger partial charge in [0.1, 0.15) is 23.5 Å². The number of carbonyl (C=O) groups is 2. The molecule has 1 fully saturated rings. The molecule has 0 unspecified atom stereocenters. The van der Waals surface area contributed by atoms with Crippen LogP contribution in [0.3, 0.4) is 0 Å². The van der Waals surface area contributed by atoms with Crippen LogP contribution in [0.4, 0.5) is 4.79 Å². The molecule has 1 aromatic carbocycles. The number of benzene rings is 1. The third kappa shape index (κ3) is 5.40. The lowest BCUT2D eigenvalue weighted by molar-refractivity contribution is -0.142. The number of aliphatic carboxylic acids is 1. The van der Waals surface area contributed by atoms with Crippen molar-refractivity contribution in [1.82, 2.24) is 4.90 Å².